The second kappa shape index (κ2) is 15.7. The molecular formula is C28H43NO4. The summed E-state index contributed by atoms with van der Waals surface area (Å²) in [6.07, 6.45) is 14.8. The molecule has 1 amide bonds. The number of Topliss-reactive ketones (excluding diaryl/α,β-unsaturated/α-hetero) is 1. The highest BCUT2D eigenvalue weighted by atomic mass is 16.5. The van der Waals surface area contributed by atoms with E-state index in [9.17, 15) is 14.7 Å². The van der Waals surface area contributed by atoms with Crippen molar-refractivity contribution in [2.75, 3.05) is 7.11 Å². The van der Waals surface area contributed by atoms with Crippen molar-refractivity contribution in [2.24, 2.45) is 11.8 Å². The minimum Gasteiger partial charge on any atom is -0.497 e. The Morgan fingerprint density at radius 3 is 2.64 bits per heavy atom. The fraction of sp³-hybridized carbons (Fsp3) is 0.643. The van der Waals surface area contributed by atoms with Gasteiger partial charge in [-0.25, -0.2) is 0 Å². The first kappa shape index (κ1) is 27.1. The molecule has 0 unspecified atom stereocenters. The van der Waals surface area contributed by atoms with E-state index >= 15 is 0 Å². The largest absolute Gasteiger partial charge is 0.497 e. The summed E-state index contributed by atoms with van der Waals surface area (Å²) >= 11 is 0. The van der Waals surface area contributed by atoms with E-state index in [-0.39, 0.29) is 23.8 Å². The number of unbranched alkanes of at least 4 members (excludes halogenated alkanes) is 5. The molecule has 1 aromatic rings. The predicted octanol–water partition coefficient (Wildman–Crippen LogP) is 5.74. The van der Waals surface area contributed by atoms with Gasteiger partial charge in [-0.2, -0.15) is 0 Å². The number of aliphatic hydroxyl groups excluding tert-OH is 1. The van der Waals surface area contributed by atoms with Crippen LogP contribution in [0.15, 0.2) is 36.4 Å². The molecule has 184 valence electrons. The number of benzene rings is 1. The Morgan fingerprint density at radius 2 is 1.91 bits per heavy atom. The normalized spacial score (nSPS) is 19.2. The molecular weight excluding hydrogens is 414 g/mol. The molecule has 0 bridgehead atoms. The van der Waals surface area contributed by atoms with Crippen LogP contribution >= 0.6 is 0 Å². The highest BCUT2D eigenvalue weighted by molar-refractivity contribution is 5.83. The molecule has 5 nitrogen and oxygen atoms in total. The number of hydrogen-bond donors (Lipinski definition) is 2. The predicted molar refractivity (Wildman–Crippen MR) is 133 cm³/mol. The van der Waals surface area contributed by atoms with E-state index in [2.05, 4.69) is 18.3 Å². The molecule has 0 spiro atoms. The van der Waals surface area contributed by atoms with Gasteiger partial charge in [0.25, 0.3) is 0 Å². The van der Waals surface area contributed by atoms with E-state index in [1.54, 1.807) is 7.11 Å². The molecule has 1 aliphatic rings. The van der Waals surface area contributed by atoms with Crippen LogP contribution in [-0.2, 0) is 16.1 Å². The molecule has 1 aliphatic carbocycles. The summed E-state index contributed by atoms with van der Waals surface area (Å²) in [5.74, 6) is 1.66. The molecule has 33 heavy (non-hydrogen) atoms. The third kappa shape index (κ3) is 10.6. The monoisotopic (exact) mass is 457 g/mol. The lowest BCUT2D eigenvalue weighted by atomic mass is 9.89. The van der Waals surface area contributed by atoms with Crippen LogP contribution in [0.25, 0.3) is 0 Å². The van der Waals surface area contributed by atoms with Crippen LogP contribution in [0.1, 0.15) is 89.5 Å². The second-order valence-corrected chi connectivity index (χ2v) is 9.30. The van der Waals surface area contributed by atoms with Gasteiger partial charge in [-0.3, -0.25) is 9.59 Å². The van der Waals surface area contributed by atoms with Gasteiger partial charge in [0.05, 0.1) is 13.2 Å². The molecule has 0 aliphatic heterocycles. The fourth-order valence-corrected chi connectivity index (χ4v) is 4.55. The van der Waals surface area contributed by atoms with Gasteiger partial charge >= 0.3 is 0 Å². The van der Waals surface area contributed by atoms with Crippen molar-refractivity contribution in [3.63, 3.8) is 0 Å². The lowest BCUT2D eigenvalue weighted by Gasteiger charge is -2.15. The van der Waals surface area contributed by atoms with Crippen molar-refractivity contribution in [3.8, 4) is 5.75 Å². The van der Waals surface area contributed by atoms with Crippen molar-refractivity contribution in [2.45, 2.75) is 96.6 Å². The lowest BCUT2D eigenvalue weighted by Crippen LogP contribution is -2.22. The van der Waals surface area contributed by atoms with E-state index in [1.165, 1.54) is 0 Å². The zero-order valence-corrected chi connectivity index (χ0v) is 20.6. The Balaban J connectivity index is 1.57. The van der Waals surface area contributed by atoms with Crippen LogP contribution in [0, 0.1) is 11.8 Å². The zero-order chi connectivity index (χ0) is 23.9. The topological polar surface area (TPSA) is 75.6 Å². The maximum atomic E-state index is 12.3. The van der Waals surface area contributed by atoms with E-state index in [0.717, 1.165) is 75.5 Å². The van der Waals surface area contributed by atoms with E-state index in [0.29, 0.717) is 25.2 Å². The first-order valence-electron chi connectivity index (χ1n) is 12.8. The Morgan fingerprint density at radius 1 is 1.15 bits per heavy atom. The van der Waals surface area contributed by atoms with Gasteiger partial charge in [0.1, 0.15) is 11.5 Å². The lowest BCUT2D eigenvalue weighted by molar-refractivity contribution is -0.122. The first-order chi connectivity index (χ1) is 16.0. The fourth-order valence-electron chi connectivity index (χ4n) is 4.55. The summed E-state index contributed by atoms with van der Waals surface area (Å²) in [5, 5.41) is 13.1. The highest BCUT2D eigenvalue weighted by Crippen LogP contribution is 2.34. The molecule has 2 rings (SSSR count). The standard InChI is InChI=1S/C28H43NO4/c1-3-4-7-10-24(30)17-15-23-16-20-27(31)26(23)11-8-5-6-9-12-28(32)29-21-22-13-18-25(33-2)19-14-22/h13-15,17-19,23-24,26,30H,3-12,16,20-21H2,1-2H3,(H,29,32)/t23-,24-,26+/m0/s1. The van der Waals surface area contributed by atoms with Crippen LogP contribution < -0.4 is 10.1 Å². The van der Waals surface area contributed by atoms with E-state index in [4.69, 9.17) is 4.74 Å². The number of nitrogens with one attached hydrogen (secondary N) is 1. The van der Waals surface area contributed by atoms with Gasteiger partial charge in [0.15, 0.2) is 0 Å². The van der Waals surface area contributed by atoms with Crippen molar-refractivity contribution in [3.05, 3.63) is 42.0 Å². The Bertz CT molecular complexity index is 728. The van der Waals surface area contributed by atoms with Gasteiger partial charge in [0, 0.05) is 25.3 Å². The van der Waals surface area contributed by atoms with Gasteiger partial charge in [-0.05, 0) is 49.3 Å². The number of amides is 1. The highest BCUT2D eigenvalue weighted by Gasteiger charge is 2.32. The number of hydrogen-bond acceptors (Lipinski definition) is 4. The van der Waals surface area contributed by atoms with Crippen LogP contribution in [-0.4, -0.2) is 30.0 Å². The third-order valence-electron chi connectivity index (χ3n) is 6.66. The number of carbonyl (C=O) groups excluding carboxylic acids is 2. The van der Waals surface area contributed by atoms with Crippen LogP contribution in [0.3, 0.4) is 0 Å². The number of allylic oxidation sites excluding steroid dienone is 1. The summed E-state index contributed by atoms with van der Waals surface area (Å²) in [6.45, 7) is 2.70. The second-order valence-electron chi connectivity index (χ2n) is 9.30. The summed E-state index contributed by atoms with van der Waals surface area (Å²) in [5.41, 5.74) is 1.06. The van der Waals surface area contributed by atoms with E-state index in [1.807, 2.05) is 30.3 Å². The summed E-state index contributed by atoms with van der Waals surface area (Å²) in [7, 11) is 1.64. The van der Waals surface area contributed by atoms with Crippen molar-refractivity contribution in [1.82, 2.24) is 5.32 Å². The summed E-state index contributed by atoms with van der Waals surface area (Å²) < 4.78 is 5.14. The summed E-state index contributed by atoms with van der Waals surface area (Å²) in [6, 6.07) is 7.71. The van der Waals surface area contributed by atoms with Crippen LogP contribution in [0.5, 0.6) is 5.75 Å². The van der Waals surface area contributed by atoms with Crippen molar-refractivity contribution in [1.29, 1.82) is 0 Å². The average Bonchev–Trinajstić information content (AvgIpc) is 3.18. The molecule has 2 N–H and O–H groups in total. The SMILES string of the molecule is CCCCC[C@H](O)C=C[C@H]1CCC(=O)[C@@H]1CCCCCCC(=O)NCc1ccc(OC)cc1. The van der Waals surface area contributed by atoms with Gasteiger partial charge < -0.3 is 15.2 Å². The molecule has 0 heterocycles. The molecule has 1 saturated carbocycles. The maximum Gasteiger partial charge on any atom is 0.220 e. The first-order valence-corrected chi connectivity index (χ1v) is 12.8. The summed E-state index contributed by atoms with van der Waals surface area (Å²) in [4.78, 5) is 24.4. The minimum atomic E-state index is -0.385. The van der Waals surface area contributed by atoms with E-state index < -0.39 is 0 Å². The van der Waals surface area contributed by atoms with Gasteiger partial charge in [-0.1, -0.05) is 69.7 Å². The molecule has 3 atom stereocenters. The van der Waals surface area contributed by atoms with Crippen LogP contribution in [0.4, 0.5) is 0 Å². The number of ketones is 1. The van der Waals surface area contributed by atoms with Gasteiger partial charge in [0.2, 0.25) is 5.91 Å². The quantitative estimate of drug-likeness (QED) is 0.245. The number of methoxy groups -OCH3 is 1. The number of carbonyl (C=O) groups is 2. The molecule has 0 aromatic heterocycles. The van der Waals surface area contributed by atoms with Crippen molar-refractivity contribution < 1.29 is 19.4 Å². The zero-order valence-electron chi connectivity index (χ0n) is 20.6. The molecule has 5 heteroatoms. The molecule has 1 fully saturated rings. The number of aliphatic hydroxyl groups is 1. The number of ether oxygens (including phenoxy) is 1. The smallest absolute Gasteiger partial charge is 0.220 e. The maximum absolute atomic E-state index is 12.3. The third-order valence-corrected chi connectivity index (χ3v) is 6.66. The molecule has 1 aromatic carbocycles. The van der Waals surface area contributed by atoms with Crippen LogP contribution in [0.2, 0.25) is 0 Å². The van der Waals surface area contributed by atoms with Gasteiger partial charge in [-0.15, -0.1) is 0 Å². The molecule has 0 radical (unpaired) electrons. The average molecular weight is 458 g/mol. The Kier molecular flexibility index (Phi) is 12.9. The number of rotatable bonds is 16. The van der Waals surface area contributed by atoms with Crippen molar-refractivity contribution >= 4 is 11.7 Å². The Hall–Kier alpha value is -2.14. The minimum absolute atomic E-state index is 0.0829. The molecule has 0 saturated heterocycles. The Labute approximate surface area is 200 Å².